The van der Waals surface area contributed by atoms with Gasteiger partial charge in [0.05, 0.1) is 0 Å². The first-order valence-electron chi connectivity index (χ1n) is 28.7. The van der Waals surface area contributed by atoms with Crippen LogP contribution in [-0.4, -0.2) is 37.2 Å². The second-order valence-corrected chi connectivity index (χ2v) is 18.4. The van der Waals surface area contributed by atoms with E-state index in [0.717, 1.165) is 141 Å². The highest BCUT2D eigenvalue weighted by molar-refractivity contribution is 5.71. The molecule has 0 saturated carbocycles. The molecule has 0 aromatic rings. The number of unbranched alkanes of at least 4 members (excludes halogenated alkanes) is 17. The summed E-state index contributed by atoms with van der Waals surface area (Å²) in [5.41, 5.74) is 0. The van der Waals surface area contributed by atoms with Crippen molar-refractivity contribution in [1.29, 1.82) is 0 Å². The lowest BCUT2D eigenvalue weighted by Gasteiger charge is -2.18. The maximum absolute atomic E-state index is 12.8. The molecule has 0 bridgehead atoms. The quantitative estimate of drug-likeness (QED) is 0.0262. The van der Waals surface area contributed by atoms with E-state index >= 15 is 0 Å². The summed E-state index contributed by atoms with van der Waals surface area (Å²) in [6, 6.07) is 0. The monoisotopic (exact) mass is 981 g/mol. The van der Waals surface area contributed by atoms with Crippen molar-refractivity contribution in [3.8, 4) is 0 Å². The summed E-state index contributed by atoms with van der Waals surface area (Å²) in [6.45, 7) is 6.24. The lowest BCUT2D eigenvalue weighted by atomic mass is 10.1. The van der Waals surface area contributed by atoms with Crippen molar-refractivity contribution in [2.75, 3.05) is 13.2 Å². The summed E-state index contributed by atoms with van der Waals surface area (Å²) in [4.78, 5) is 38.2. The molecule has 0 N–H and O–H groups in total. The lowest BCUT2D eigenvalue weighted by Crippen LogP contribution is -2.30. The molecule has 0 spiro atoms. The van der Waals surface area contributed by atoms with Gasteiger partial charge in [0.1, 0.15) is 13.2 Å². The first-order chi connectivity index (χ1) is 35.0. The molecule has 0 amide bonds. The Morgan fingerprint density at radius 2 is 0.507 bits per heavy atom. The highest BCUT2D eigenvalue weighted by atomic mass is 16.6. The van der Waals surface area contributed by atoms with E-state index in [9.17, 15) is 14.4 Å². The molecule has 0 aliphatic carbocycles. The van der Waals surface area contributed by atoms with Crippen molar-refractivity contribution in [3.05, 3.63) is 134 Å². The topological polar surface area (TPSA) is 78.9 Å². The Labute approximate surface area is 436 Å². The third kappa shape index (κ3) is 56.3. The zero-order chi connectivity index (χ0) is 51.4. The van der Waals surface area contributed by atoms with Gasteiger partial charge < -0.3 is 14.2 Å². The maximum atomic E-state index is 12.8. The van der Waals surface area contributed by atoms with E-state index in [1.165, 1.54) is 51.4 Å². The predicted octanol–water partition coefficient (Wildman–Crippen LogP) is 19.4. The summed E-state index contributed by atoms with van der Waals surface area (Å²) in [5.74, 6) is -0.974. The highest BCUT2D eigenvalue weighted by Crippen LogP contribution is 2.14. The van der Waals surface area contributed by atoms with Crippen molar-refractivity contribution in [2.24, 2.45) is 0 Å². The molecule has 0 aromatic carbocycles. The number of esters is 3. The Morgan fingerprint density at radius 1 is 0.282 bits per heavy atom. The second-order valence-electron chi connectivity index (χ2n) is 18.4. The van der Waals surface area contributed by atoms with Crippen LogP contribution in [0.25, 0.3) is 0 Å². The van der Waals surface area contributed by atoms with Crippen LogP contribution in [0.15, 0.2) is 134 Å². The van der Waals surface area contributed by atoms with E-state index in [1.54, 1.807) is 0 Å². The molecule has 6 heteroatoms. The van der Waals surface area contributed by atoms with E-state index in [4.69, 9.17) is 14.2 Å². The fourth-order valence-corrected chi connectivity index (χ4v) is 7.44. The SMILES string of the molecule is CC/C=C\C/C=C\C/C=C\C/C=C\CCCCCCCCCCCCC(=O)OCC(COC(=O)CCCCCCC/C=C\C/C=C\C/C=C\CC)OC(=O)CCCC/C=C\C/C=C\C/C=C\C/C=C\CC. The van der Waals surface area contributed by atoms with Crippen LogP contribution in [0.4, 0.5) is 0 Å². The zero-order valence-electron chi connectivity index (χ0n) is 45.7. The second kappa shape index (κ2) is 58.1. The fraction of sp³-hybridized carbons (Fsp3) is 0.615. The number of hydrogen-bond acceptors (Lipinski definition) is 6. The van der Waals surface area contributed by atoms with Gasteiger partial charge in [-0.25, -0.2) is 0 Å². The van der Waals surface area contributed by atoms with Crippen LogP contribution in [0.3, 0.4) is 0 Å². The molecule has 0 saturated heterocycles. The van der Waals surface area contributed by atoms with E-state index in [2.05, 4.69) is 154 Å². The lowest BCUT2D eigenvalue weighted by molar-refractivity contribution is -0.167. The van der Waals surface area contributed by atoms with Crippen LogP contribution in [-0.2, 0) is 28.6 Å². The van der Waals surface area contributed by atoms with Crippen molar-refractivity contribution < 1.29 is 28.6 Å². The van der Waals surface area contributed by atoms with Gasteiger partial charge in [0, 0.05) is 19.3 Å². The van der Waals surface area contributed by atoms with Gasteiger partial charge in [-0.2, -0.15) is 0 Å². The summed E-state index contributed by atoms with van der Waals surface area (Å²) < 4.78 is 16.8. The highest BCUT2D eigenvalue weighted by Gasteiger charge is 2.19. The van der Waals surface area contributed by atoms with Crippen LogP contribution < -0.4 is 0 Å². The zero-order valence-corrected chi connectivity index (χ0v) is 45.7. The minimum atomic E-state index is -0.814. The molecule has 0 aliphatic heterocycles. The van der Waals surface area contributed by atoms with Crippen LogP contribution >= 0.6 is 0 Å². The Kier molecular flexibility index (Phi) is 54.5. The summed E-state index contributed by atoms with van der Waals surface area (Å²) >= 11 is 0. The normalized spacial score (nSPS) is 13.1. The Hall–Kier alpha value is -4.45. The molecule has 0 aromatic heterocycles. The molecule has 0 rings (SSSR count). The summed E-state index contributed by atoms with van der Waals surface area (Å²) in [5, 5.41) is 0. The number of rotatable bonds is 50. The number of carbonyl (C=O) groups is 3. The van der Waals surface area contributed by atoms with E-state index < -0.39 is 6.10 Å². The van der Waals surface area contributed by atoms with Crippen LogP contribution in [0.1, 0.15) is 239 Å². The van der Waals surface area contributed by atoms with E-state index in [0.29, 0.717) is 19.3 Å². The van der Waals surface area contributed by atoms with Gasteiger partial charge in [0.25, 0.3) is 0 Å². The third-order valence-electron chi connectivity index (χ3n) is 11.6. The number of hydrogen-bond donors (Lipinski definition) is 0. The van der Waals surface area contributed by atoms with Gasteiger partial charge in [-0.05, 0) is 128 Å². The third-order valence-corrected chi connectivity index (χ3v) is 11.6. The van der Waals surface area contributed by atoms with Gasteiger partial charge in [-0.3, -0.25) is 14.4 Å². The maximum Gasteiger partial charge on any atom is 0.306 e. The minimum absolute atomic E-state index is 0.107. The summed E-state index contributed by atoms with van der Waals surface area (Å²) in [6.07, 6.45) is 81.6. The first-order valence-corrected chi connectivity index (χ1v) is 28.7. The van der Waals surface area contributed by atoms with E-state index in [-0.39, 0.29) is 37.5 Å². The van der Waals surface area contributed by atoms with Crippen molar-refractivity contribution >= 4 is 17.9 Å². The average Bonchev–Trinajstić information content (AvgIpc) is 3.37. The fourth-order valence-electron chi connectivity index (χ4n) is 7.44. The molecular formula is C65H104O6. The van der Waals surface area contributed by atoms with Crippen LogP contribution in [0.2, 0.25) is 0 Å². The molecule has 0 heterocycles. The Bertz CT molecular complexity index is 1550. The molecule has 0 radical (unpaired) electrons. The number of ether oxygens (including phenoxy) is 3. The summed E-state index contributed by atoms with van der Waals surface area (Å²) in [7, 11) is 0. The molecule has 1 atom stereocenters. The van der Waals surface area contributed by atoms with Crippen molar-refractivity contribution in [3.63, 3.8) is 0 Å². The number of allylic oxidation sites excluding steroid dienone is 22. The molecule has 71 heavy (non-hydrogen) atoms. The molecule has 0 fully saturated rings. The minimum Gasteiger partial charge on any atom is -0.462 e. The smallest absolute Gasteiger partial charge is 0.306 e. The first kappa shape index (κ1) is 66.6. The molecule has 6 nitrogen and oxygen atoms in total. The van der Waals surface area contributed by atoms with Crippen molar-refractivity contribution in [2.45, 2.75) is 245 Å². The predicted molar refractivity (Wildman–Crippen MR) is 306 cm³/mol. The van der Waals surface area contributed by atoms with Gasteiger partial charge in [0.15, 0.2) is 6.10 Å². The largest absolute Gasteiger partial charge is 0.462 e. The van der Waals surface area contributed by atoms with Crippen molar-refractivity contribution in [1.82, 2.24) is 0 Å². The standard InChI is InChI=1S/C65H104O6/c1-4-7-10-13-16-19-22-25-28-29-30-31-32-33-34-35-38-40-43-46-49-52-55-58-64(67)70-61-62(71-65(68)59-56-53-50-47-44-41-37-27-24-21-18-15-12-9-6-3)60-69-63(66)57-54-51-48-45-42-39-36-26-23-20-17-14-11-8-5-2/h7-12,16-21,25-28,30-31,36-37,44,47,62H,4-6,13-15,22-24,29,32-35,38-43,45-46,48-61H2,1-3H3/b10-7-,11-8-,12-9-,19-16-,20-17-,21-18-,28-25-,31-30-,36-26-,37-27-,47-44-. The van der Waals surface area contributed by atoms with Gasteiger partial charge in [-0.1, -0.05) is 225 Å². The molecule has 400 valence electrons. The van der Waals surface area contributed by atoms with Gasteiger partial charge in [-0.15, -0.1) is 0 Å². The van der Waals surface area contributed by atoms with E-state index in [1.807, 2.05) is 0 Å². The Morgan fingerprint density at radius 3 is 0.817 bits per heavy atom. The average molecular weight is 982 g/mol. The van der Waals surface area contributed by atoms with Gasteiger partial charge >= 0.3 is 17.9 Å². The number of carbonyl (C=O) groups excluding carboxylic acids is 3. The molecule has 1 unspecified atom stereocenters. The van der Waals surface area contributed by atoms with Gasteiger partial charge in [0.2, 0.25) is 0 Å². The van der Waals surface area contributed by atoms with Crippen LogP contribution in [0, 0.1) is 0 Å². The molecular weight excluding hydrogens is 877 g/mol. The van der Waals surface area contributed by atoms with Crippen LogP contribution in [0.5, 0.6) is 0 Å². The molecule has 0 aliphatic rings. The Balaban J connectivity index is 4.43.